The van der Waals surface area contributed by atoms with Gasteiger partial charge in [0.1, 0.15) is 0 Å². The molecule has 0 aliphatic heterocycles. The normalized spacial score (nSPS) is 10.0. The van der Waals surface area contributed by atoms with E-state index in [1.54, 1.807) is 0 Å². The van der Waals surface area contributed by atoms with Crippen molar-refractivity contribution in [2.75, 3.05) is 6.54 Å². The molecule has 1 N–H and O–H groups in total. The lowest BCUT2D eigenvalue weighted by atomic mass is 10.1. The summed E-state index contributed by atoms with van der Waals surface area (Å²) in [6, 6.07) is 0. The largest absolute Gasteiger partial charge is 0.356 e. The van der Waals surface area contributed by atoms with Gasteiger partial charge in [-0.2, -0.15) is 0 Å². The highest BCUT2D eigenvalue weighted by molar-refractivity contribution is 5.75. The number of rotatable bonds is 8. The average Bonchev–Trinajstić information content (AvgIpc) is 2.11. The highest BCUT2D eigenvalue weighted by Crippen LogP contribution is 2.06. The van der Waals surface area contributed by atoms with Gasteiger partial charge in [0.15, 0.2) is 0 Å². The number of unbranched alkanes of at least 4 members (excludes halogenated alkanes) is 5. The van der Waals surface area contributed by atoms with Crippen molar-refractivity contribution in [2.45, 2.75) is 51.9 Å². The zero-order valence-electron chi connectivity index (χ0n) is 8.77. The van der Waals surface area contributed by atoms with Gasteiger partial charge < -0.3 is 5.32 Å². The van der Waals surface area contributed by atoms with Gasteiger partial charge in [0, 0.05) is 13.0 Å². The van der Waals surface area contributed by atoms with Gasteiger partial charge in [-0.1, -0.05) is 39.0 Å². The number of carbonyl (C=O) groups is 1. The van der Waals surface area contributed by atoms with E-state index >= 15 is 0 Å². The first-order valence-electron chi connectivity index (χ1n) is 5.37. The maximum Gasteiger partial charge on any atom is 0.219 e. The van der Waals surface area contributed by atoms with Crippen molar-refractivity contribution in [1.29, 1.82) is 0 Å². The SMILES string of the molecule is [CH2]CCCCCCCC(=O)NCC. The van der Waals surface area contributed by atoms with Crippen molar-refractivity contribution < 1.29 is 4.79 Å². The minimum absolute atomic E-state index is 0.194. The van der Waals surface area contributed by atoms with Crippen LogP contribution in [0.3, 0.4) is 0 Å². The molecule has 0 rings (SSSR count). The first-order valence-corrected chi connectivity index (χ1v) is 5.37. The van der Waals surface area contributed by atoms with Gasteiger partial charge in [-0.3, -0.25) is 4.79 Å². The Morgan fingerprint density at radius 2 is 1.77 bits per heavy atom. The summed E-state index contributed by atoms with van der Waals surface area (Å²) in [6.45, 7) is 6.49. The Morgan fingerprint density at radius 3 is 2.38 bits per heavy atom. The second-order valence-corrected chi connectivity index (χ2v) is 3.32. The third-order valence-electron chi connectivity index (χ3n) is 2.03. The number of nitrogens with one attached hydrogen (secondary N) is 1. The highest BCUT2D eigenvalue weighted by atomic mass is 16.1. The number of amides is 1. The fraction of sp³-hybridized carbons (Fsp3) is 0.818. The number of hydrogen-bond acceptors (Lipinski definition) is 1. The van der Waals surface area contributed by atoms with Crippen LogP contribution in [0.4, 0.5) is 0 Å². The van der Waals surface area contributed by atoms with E-state index < -0.39 is 0 Å². The van der Waals surface area contributed by atoms with Crippen molar-refractivity contribution in [2.24, 2.45) is 0 Å². The molecule has 1 amide bonds. The predicted octanol–water partition coefficient (Wildman–Crippen LogP) is 2.69. The van der Waals surface area contributed by atoms with E-state index in [2.05, 4.69) is 12.2 Å². The van der Waals surface area contributed by atoms with E-state index in [4.69, 9.17) is 0 Å². The minimum atomic E-state index is 0.194. The molecule has 0 aliphatic carbocycles. The summed E-state index contributed by atoms with van der Waals surface area (Å²) < 4.78 is 0. The molecule has 0 heterocycles. The van der Waals surface area contributed by atoms with E-state index in [0.29, 0.717) is 6.42 Å². The third-order valence-corrected chi connectivity index (χ3v) is 2.03. The molecule has 0 aromatic rings. The molecule has 0 atom stereocenters. The second-order valence-electron chi connectivity index (χ2n) is 3.32. The number of hydrogen-bond donors (Lipinski definition) is 1. The standard InChI is InChI=1S/C11H22NO/c1-3-5-6-7-8-9-10-11(13)12-4-2/h1,3-10H2,2H3,(H,12,13). The molecule has 2 nitrogen and oxygen atoms in total. The van der Waals surface area contributed by atoms with E-state index in [0.717, 1.165) is 19.4 Å². The van der Waals surface area contributed by atoms with Crippen molar-refractivity contribution in [3.05, 3.63) is 6.92 Å². The molecule has 0 unspecified atom stereocenters. The third kappa shape index (κ3) is 9.38. The fourth-order valence-electron chi connectivity index (χ4n) is 1.28. The van der Waals surface area contributed by atoms with E-state index in [-0.39, 0.29) is 5.91 Å². The van der Waals surface area contributed by atoms with E-state index in [9.17, 15) is 4.79 Å². The molecule has 0 bridgehead atoms. The molecule has 0 saturated heterocycles. The zero-order valence-corrected chi connectivity index (χ0v) is 8.77. The lowest BCUT2D eigenvalue weighted by Crippen LogP contribution is -2.21. The highest BCUT2D eigenvalue weighted by Gasteiger charge is 1.97. The summed E-state index contributed by atoms with van der Waals surface area (Å²) in [5.41, 5.74) is 0. The molecule has 0 saturated carbocycles. The van der Waals surface area contributed by atoms with Crippen LogP contribution in [0.15, 0.2) is 0 Å². The van der Waals surface area contributed by atoms with Gasteiger partial charge in [0.05, 0.1) is 0 Å². The summed E-state index contributed by atoms with van der Waals surface area (Å²) in [4.78, 5) is 11.0. The monoisotopic (exact) mass is 184 g/mol. The smallest absolute Gasteiger partial charge is 0.219 e. The lowest BCUT2D eigenvalue weighted by Gasteiger charge is -2.01. The van der Waals surface area contributed by atoms with Crippen LogP contribution in [0.1, 0.15) is 51.9 Å². The summed E-state index contributed by atoms with van der Waals surface area (Å²) in [6.07, 6.45) is 7.67. The maximum atomic E-state index is 11.0. The molecular formula is C11H22NO. The van der Waals surface area contributed by atoms with Gasteiger partial charge in [0.2, 0.25) is 5.91 Å². The van der Waals surface area contributed by atoms with Crippen molar-refractivity contribution in [1.82, 2.24) is 5.32 Å². The van der Waals surface area contributed by atoms with E-state index in [1.165, 1.54) is 25.7 Å². The second kappa shape index (κ2) is 9.56. The van der Waals surface area contributed by atoms with Gasteiger partial charge >= 0.3 is 0 Å². The van der Waals surface area contributed by atoms with Crippen LogP contribution in [0.25, 0.3) is 0 Å². The Labute approximate surface area is 82.1 Å². The maximum absolute atomic E-state index is 11.0. The summed E-state index contributed by atoms with van der Waals surface area (Å²) in [5.74, 6) is 0.194. The quantitative estimate of drug-likeness (QED) is 0.577. The van der Waals surface area contributed by atoms with Crippen molar-refractivity contribution in [3.8, 4) is 0 Å². The van der Waals surface area contributed by atoms with Crippen LogP contribution >= 0.6 is 0 Å². The Balaban J connectivity index is 3.02. The minimum Gasteiger partial charge on any atom is -0.356 e. The zero-order chi connectivity index (χ0) is 9.94. The van der Waals surface area contributed by atoms with Crippen molar-refractivity contribution in [3.63, 3.8) is 0 Å². The summed E-state index contributed by atoms with van der Waals surface area (Å²) in [7, 11) is 0. The Morgan fingerprint density at radius 1 is 1.15 bits per heavy atom. The molecule has 1 radical (unpaired) electrons. The molecule has 0 aromatic carbocycles. The molecule has 0 fully saturated rings. The first kappa shape index (κ1) is 12.5. The van der Waals surface area contributed by atoms with E-state index in [1.807, 2.05) is 6.92 Å². The predicted molar refractivity (Wildman–Crippen MR) is 56.4 cm³/mol. The first-order chi connectivity index (χ1) is 6.31. The van der Waals surface area contributed by atoms with Gasteiger partial charge in [-0.25, -0.2) is 0 Å². The summed E-state index contributed by atoms with van der Waals surface area (Å²) >= 11 is 0. The van der Waals surface area contributed by atoms with Crippen molar-refractivity contribution >= 4 is 5.91 Å². The molecule has 0 aromatic heterocycles. The fourth-order valence-corrected chi connectivity index (χ4v) is 1.28. The Bertz CT molecular complexity index is 123. The molecule has 2 heteroatoms. The van der Waals surface area contributed by atoms with Gasteiger partial charge in [-0.05, 0) is 13.3 Å². The van der Waals surface area contributed by atoms with Crippen LogP contribution in [-0.4, -0.2) is 12.5 Å². The van der Waals surface area contributed by atoms with Crippen LogP contribution in [0, 0.1) is 6.92 Å². The Kier molecular flexibility index (Phi) is 9.17. The molecular weight excluding hydrogens is 162 g/mol. The molecule has 13 heavy (non-hydrogen) atoms. The Hall–Kier alpha value is -0.530. The van der Waals surface area contributed by atoms with Gasteiger partial charge in [0.25, 0.3) is 0 Å². The van der Waals surface area contributed by atoms with Gasteiger partial charge in [-0.15, -0.1) is 0 Å². The number of carbonyl (C=O) groups excluding carboxylic acids is 1. The van der Waals surface area contributed by atoms with Crippen LogP contribution in [0.2, 0.25) is 0 Å². The average molecular weight is 184 g/mol. The van der Waals surface area contributed by atoms with Crippen LogP contribution in [-0.2, 0) is 4.79 Å². The molecule has 0 aliphatic rings. The summed E-state index contributed by atoms with van der Waals surface area (Å²) in [5, 5.41) is 2.80. The van der Waals surface area contributed by atoms with Crippen LogP contribution < -0.4 is 5.32 Å². The molecule has 77 valence electrons. The molecule has 0 spiro atoms. The van der Waals surface area contributed by atoms with Crippen LogP contribution in [0.5, 0.6) is 0 Å². The lowest BCUT2D eigenvalue weighted by molar-refractivity contribution is -0.121. The topological polar surface area (TPSA) is 29.1 Å².